The molecule has 0 aromatic heterocycles. The van der Waals surface area contributed by atoms with Gasteiger partial charge in [0.1, 0.15) is 5.78 Å². The van der Waals surface area contributed by atoms with E-state index in [-0.39, 0.29) is 16.4 Å². The average Bonchev–Trinajstić information content (AvgIpc) is 2.74. The molecule has 2 aliphatic rings. The summed E-state index contributed by atoms with van der Waals surface area (Å²) in [5.74, 6) is 1.23. The maximum Gasteiger partial charge on any atom is 0.192 e. The Bertz CT molecular complexity index is 365. The van der Waals surface area contributed by atoms with Crippen molar-refractivity contribution >= 4 is 14.1 Å². The van der Waals surface area contributed by atoms with Gasteiger partial charge in [-0.15, -0.1) is 0 Å². The zero-order valence-electron chi connectivity index (χ0n) is 13.0. The van der Waals surface area contributed by atoms with E-state index in [0.717, 1.165) is 12.8 Å². The van der Waals surface area contributed by atoms with E-state index in [4.69, 9.17) is 4.43 Å². The molecule has 0 spiro atoms. The summed E-state index contributed by atoms with van der Waals surface area (Å²) in [5, 5.41) is 0.253. The molecule has 0 aliphatic heterocycles. The Kier molecular flexibility index (Phi) is 3.11. The lowest BCUT2D eigenvalue weighted by atomic mass is 9.97. The monoisotopic (exact) mass is 268 g/mol. The second-order valence-electron chi connectivity index (χ2n) is 8.25. The first-order valence-electron chi connectivity index (χ1n) is 7.19. The third-order valence-corrected chi connectivity index (χ3v) is 10.1. The molecule has 2 saturated carbocycles. The van der Waals surface area contributed by atoms with Gasteiger partial charge in [0.25, 0.3) is 0 Å². The Hall–Kier alpha value is -0.153. The van der Waals surface area contributed by atoms with Gasteiger partial charge >= 0.3 is 0 Å². The van der Waals surface area contributed by atoms with E-state index < -0.39 is 8.32 Å². The van der Waals surface area contributed by atoms with Crippen molar-refractivity contribution in [2.24, 2.45) is 17.3 Å². The molecule has 2 aliphatic carbocycles. The summed E-state index contributed by atoms with van der Waals surface area (Å²) in [4.78, 5) is 11.9. The van der Waals surface area contributed by atoms with E-state index >= 15 is 0 Å². The van der Waals surface area contributed by atoms with Crippen LogP contribution in [0, 0.1) is 17.3 Å². The van der Waals surface area contributed by atoms with Crippen LogP contribution in [0.1, 0.15) is 47.5 Å². The standard InChI is InChI=1S/C15H28O2Si/c1-14(2,3)18(6,7)17-11-9-8-10(16)12-13(11)15(12,4)5/h11-13H,8-9H2,1-7H3/t11-,12+,13+/m1/s1. The molecule has 0 saturated heterocycles. The number of fused-ring (bicyclic) bond motifs is 1. The molecule has 0 amide bonds. The third-order valence-electron chi connectivity index (χ3n) is 5.59. The van der Waals surface area contributed by atoms with Gasteiger partial charge < -0.3 is 4.43 Å². The highest BCUT2D eigenvalue weighted by Crippen LogP contribution is 2.64. The fourth-order valence-electron chi connectivity index (χ4n) is 3.29. The van der Waals surface area contributed by atoms with Crippen molar-refractivity contribution in [3.05, 3.63) is 0 Å². The predicted octanol–water partition coefficient (Wildman–Crippen LogP) is 4.01. The number of Topliss-reactive ketones (excluding diaryl/α,β-unsaturated/α-hetero) is 1. The topological polar surface area (TPSA) is 26.3 Å². The van der Waals surface area contributed by atoms with Gasteiger partial charge in [0.15, 0.2) is 8.32 Å². The van der Waals surface area contributed by atoms with Gasteiger partial charge in [-0.2, -0.15) is 0 Å². The SMILES string of the molecule is CC1(C)[C@H]2[C@H](O[Si](C)(C)C(C)(C)C)CCC(=O)[C@@H]21. The Balaban J connectivity index is 2.11. The second kappa shape index (κ2) is 3.92. The fourth-order valence-corrected chi connectivity index (χ4v) is 4.67. The van der Waals surface area contributed by atoms with Crippen molar-refractivity contribution in [3.8, 4) is 0 Å². The highest BCUT2D eigenvalue weighted by Gasteiger charge is 2.66. The maximum atomic E-state index is 11.9. The van der Waals surface area contributed by atoms with Crippen LogP contribution in [-0.4, -0.2) is 20.2 Å². The largest absolute Gasteiger partial charge is 0.414 e. The van der Waals surface area contributed by atoms with Gasteiger partial charge in [0.05, 0.1) is 0 Å². The summed E-state index contributed by atoms with van der Waals surface area (Å²) in [6.07, 6.45) is 1.99. The Morgan fingerprint density at radius 3 is 2.33 bits per heavy atom. The highest BCUT2D eigenvalue weighted by molar-refractivity contribution is 6.74. The molecule has 0 radical (unpaired) electrons. The lowest BCUT2D eigenvalue weighted by Gasteiger charge is -2.40. The number of hydrogen-bond donors (Lipinski definition) is 0. The molecule has 0 aromatic carbocycles. The average molecular weight is 268 g/mol. The summed E-state index contributed by atoms with van der Waals surface area (Å²) in [6.45, 7) is 15.9. The van der Waals surface area contributed by atoms with Crippen molar-refractivity contribution in [2.45, 2.75) is 71.7 Å². The van der Waals surface area contributed by atoms with Gasteiger partial charge in [-0.1, -0.05) is 34.6 Å². The Morgan fingerprint density at radius 2 is 1.83 bits per heavy atom. The zero-order chi connectivity index (χ0) is 13.9. The van der Waals surface area contributed by atoms with Crippen molar-refractivity contribution in [2.75, 3.05) is 0 Å². The molecule has 3 heteroatoms. The van der Waals surface area contributed by atoms with E-state index in [1.165, 1.54) is 0 Å². The minimum absolute atomic E-state index is 0.181. The molecular formula is C15H28O2Si. The Labute approximate surface area is 113 Å². The molecule has 2 fully saturated rings. The molecular weight excluding hydrogens is 240 g/mol. The number of rotatable bonds is 2. The van der Waals surface area contributed by atoms with E-state index in [1.54, 1.807) is 0 Å². The number of hydrogen-bond acceptors (Lipinski definition) is 2. The molecule has 0 aromatic rings. The molecule has 18 heavy (non-hydrogen) atoms. The van der Waals surface area contributed by atoms with Gasteiger partial charge in [0, 0.05) is 18.4 Å². The van der Waals surface area contributed by atoms with Crippen LogP contribution in [0.5, 0.6) is 0 Å². The first-order valence-corrected chi connectivity index (χ1v) is 10.1. The van der Waals surface area contributed by atoms with Gasteiger partial charge in [0.2, 0.25) is 0 Å². The summed E-state index contributed by atoms with van der Waals surface area (Å²) in [6, 6.07) is 0. The van der Waals surface area contributed by atoms with Crippen LogP contribution in [-0.2, 0) is 9.22 Å². The first kappa shape index (κ1) is 14.3. The van der Waals surface area contributed by atoms with Gasteiger partial charge in [-0.3, -0.25) is 4.79 Å². The van der Waals surface area contributed by atoms with Crippen LogP contribution in [0.2, 0.25) is 18.1 Å². The van der Waals surface area contributed by atoms with Crippen LogP contribution in [0.25, 0.3) is 0 Å². The second-order valence-corrected chi connectivity index (χ2v) is 13.0. The summed E-state index contributed by atoms with van der Waals surface area (Å²) >= 11 is 0. The van der Waals surface area contributed by atoms with E-state index in [0.29, 0.717) is 17.8 Å². The lowest BCUT2D eigenvalue weighted by Crippen LogP contribution is -2.45. The van der Waals surface area contributed by atoms with Crippen LogP contribution in [0.3, 0.4) is 0 Å². The fraction of sp³-hybridized carbons (Fsp3) is 0.933. The van der Waals surface area contributed by atoms with Gasteiger partial charge in [-0.05, 0) is 35.9 Å². The number of carbonyl (C=O) groups is 1. The first-order chi connectivity index (χ1) is 7.98. The molecule has 104 valence electrons. The van der Waals surface area contributed by atoms with Crippen LogP contribution < -0.4 is 0 Å². The third kappa shape index (κ3) is 2.09. The number of carbonyl (C=O) groups excluding carboxylic acids is 1. The molecule has 3 atom stereocenters. The van der Waals surface area contributed by atoms with Crippen molar-refractivity contribution < 1.29 is 9.22 Å². The zero-order valence-corrected chi connectivity index (χ0v) is 14.0. The maximum absolute atomic E-state index is 11.9. The van der Waals surface area contributed by atoms with Crippen molar-refractivity contribution in [1.82, 2.24) is 0 Å². The summed E-state index contributed by atoms with van der Waals surface area (Å²) < 4.78 is 6.57. The molecule has 0 heterocycles. The highest BCUT2D eigenvalue weighted by atomic mass is 28.4. The molecule has 2 rings (SSSR count). The van der Waals surface area contributed by atoms with Crippen LogP contribution >= 0.6 is 0 Å². The van der Waals surface area contributed by atoms with E-state index in [2.05, 4.69) is 47.7 Å². The molecule has 2 nitrogen and oxygen atoms in total. The van der Waals surface area contributed by atoms with Crippen molar-refractivity contribution in [1.29, 1.82) is 0 Å². The van der Waals surface area contributed by atoms with Gasteiger partial charge in [-0.25, -0.2) is 0 Å². The summed E-state index contributed by atoms with van der Waals surface area (Å²) in [7, 11) is -1.70. The minimum atomic E-state index is -1.70. The van der Waals surface area contributed by atoms with Crippen LogP contribution in [0.4, 0.5) is 0 Å². The molecule has 0 bridgehead atoms. The number of ketones is 1. The lowest BCUT2D eigenvalue weighted by molar-refractivity contribution is -0.123. The van der Waals surface area contributed by atoms with Crippen molar-refractivity contribution in [3.63, 3.8) is 0 Å². The van der Waals surface area contributed by atoms with E-state index in [1.807, 2.05) is 0 Å². The van der Waals surface area contributed by atoms with E-state index in [9.17, 15) is 4.79 Å². The Morgan fingerprint density at radius 1 is 1.28 bits per heavy atom. The predicted molar refractivity (Wildman–Crippen MR) is 77.1 cm³/mol. The quantitative estimate of drug-likeness (QED) is 0.707. The smallest absolute Gasteiger partial charge is 0.192 e. The molecule has 0 unspecified atom stereocenters. The minimum Gasteiger partial charge on any atom is -0.414 e. The van der Waals surface area contributed by atoms with Crippen LogP contribution in [0.15, 0.2) is 0 Å². The summed E-state index contributed by atoms with van der Waals surface area (Å²) in [5.41, 5.74) is 0.181. The molecule has 0 N–H and O–H groups in total. The normalized spacial score (nSPS) is 35.3.